The summed E-state index contributed by atoms with van der Waals surface area (Å²) < 4.78 is 1.36. The standard InChI is InChI=1S/C10H12N6O2S/c1-3-6-12-5(11)4-7(13-6)19-10-14-8(17)9(18)15-16(10)2/h4H,3H2,1-2H3,(H,15,18)(H2,11,12,13). The summed E-state index contributed by atoms with van der Waals surface area (Å²) in [5.74, 6) is 0.959. The highest BCUT2D eigenvalue weighted by Crippen LogP contribution is 2.23. The highest BCUT2D eigenvalue weighted by atomic mass is 32.2. The van der Waals surface area contributed by atoms with Gasteiger partial charge in [0.15, 0.2) is 5.16 Å². The lowest BCUT2D eigenvalue weighted by atomic mass is 10.4. The van der Waals surface area contributed by atoms with Crippen molar-refractivity contribution in [3.63, 3.8) is 0 Å². The quantitative estimate of drug-likeness (QED) is 0.577. The molecular formula is C10H12N6O2S. The van der Waals surface area contributed by atoms with E-state index in [0.29, 0.717) is 28.2 Å². The van der Waals surface area contributed by atoms with Crippen molar-refractivity contribution in [1.29, 1.82) is 0 Å². The van der Waals surface area contributed by atoms with Crippen LogP contribution in [0.5, 0.6) is 0 Å². The molecule has 0 bridgehead atoms. The lowest BCUT2D eigenvalue weighted by Gasteiger charge is -2.06. The van der Waals surface area contributed by atoms with Crippen molar-refractivity contribution in [2.24, 2.45) is 7.05 Å². The van der Waals surface area contributed by atoms with E-state index < -0.39 is 11.1 Å². The number of nitrogens with one attached hydrogen (secondary N) is 1. The molecule has 0 aliphatic rings. The molecule has 19 heavy (non-hydrogen) atoms. The molecule has 0 spiro atoms. The smallest absolute Gasteiger partial charge is 0.339 e. The number of nitrogens with two attached hydrogens (primary N) is 1. The monoisotopic (exact) mass is 280 g/mol. The zero-order valence-corrected chi connectivity index (χ0v) is 11.2. The molecule has 8 nitrogen and oxygen atoms in total. The van der Waals surface area contributed by atoms with E-state index >= 15 is 0 Å². The minimum atomic E-state index is -0.835. The van der Waals surface area contributed by atoms with Crippen molar-refractivity contribution < 1.29 is 0 Å². The van der Waals surface area contributed by atoms with Gasteiger partial charge in [-0.2, -0.15) is 4.98 Å². The van der Waals surface area contributed by atoms with Gasteiger partial charge in [-0.15, -0.1) is 0 Å². The Morgan fingerprint density at radius 1 is 1.37 bits per heavy atom. The molecule has 2 aromatic heterocycles. The Kier molecular flexibility index (Phi) is 3.65. The summed E-state index contributed by atoms with van der Waals surface area (Å²) >= 11 is 1.13. The van der Waals surface area contributed by atoms with E-state index in [-0.39, 0.29) is 0 Å². The Morgan fingerprint density at radius 2 is 2.11 bits per heavy atom. The Bertz CT molecular complexity index is 723. The number of hydrogen-bond donors (Lipinski definition) is 2. The number of rotatable bonds is 3. The van der Waals surface area contributed by atoms with Crippen LogP contribution < -0.4 is 16.9 Å². The molecule has 9 heteroatoms. The number of aryl methyl sites for hydroxylation is 2. The van der Waals surface area contributed by atoms with E-state index in [4.69, 9.17) is 5.73 Å². The molecule has 100 valence electrons. The molecule has 3 N–H and O–H groups in total. The van der Waals surface area contributed by atoms with Gasteiger partial charge < -0.3 is 5.73 Å². The highest BCUT2D eigenvalue weighted by molar-refractivity contribution is 7.99. The van der Waals surface area contributed by atoms with Crippen molar-refractivity contribution in [3.05, 3.63) is 32.6 Å². The number of anilines is 1. The van der Waals surface area contributed by atoms with E-state index in [1.807, 2.05) is 6.92 Å². The number of aromatic nitrogens is 5. The van der Waals surface area contributed by atoms with Gasteiger partial charge >= 0.3 is 11.1 Å². The van der Waals surface area contributed by atoms with Crippen LogP contribution in [0.1, 0.15) is 12.7 Å². The maximum absolute atomic E-state index is 11.2. The molecule has 0 atom stereocenters. The number of H-pyrrole nitrogens is 1. The van der Waals surface area contributed by atoms with Gasteiger partial charge in [0, 0.05) is 19.5 Å². The van der Waals surface area contributed by atoms with Crippen molar-refractivity contribution in [2.45, 2.75) is 23.5 Å². The van der Waals surface area contributed by atoms with Crippen LogP contribution in [-0.4, -0.2) is 24.7 Å². The maximum atomic E-state index is 11.2. The lowest BCUT2D eigenvalue weighted by Crippen LogP contribution is -2.33. The molecule has 2 heterocycles. The summed E-state index contributed by atoms with van der Waals surface area (Å²) in [6, 6.07) is 1.58. The second-order valence-electron chi connectivity index (χ2n) is 3.70. The van der Waals surface area contributed by atoms with Crippen LogP contribution in [0.3, 0.4) is 0 Å². The van der Waals surface area contributed by atoms with E-state index in [9.17, 15) is 9.59 Å². The first kappa shape index (κ1) is 13.3. The number of nitrogen functional groups attached to an aromatic ring is 1. The van der Waals surface area contributed by atoms with Crippen molar-refractivity contribution in [1.82, 2.24) is 24.7 Å². The third kappa shape index (κ3) is 2.99. The Balaban J connectivity index is 2.41. The van der Waals surface area contributed by atoms with E-state index in [0.717, 1.165) is 11.8 Å². The number of nitrogens with zero attached hydrogens (tertiary/aromatic N) is 4. The molecule has 2 rings (SSSR count). The molecule has 0 radical (unpaired) electrons. The number of aromatic amines is 1. The summed E-state index contributed by atoms with van der Waals surface area (Å²) in [6.45, 7) is 1.91. The summed E-state index contributed by atoms with van der Waals surface area (Å²) in [6.07, 6.45) is 0.649. The molecule has 0 saturated heterocycles. The van der Waals surface area contributed by atoms with Crippen molar-refractivity contribution >= 4 is 17.6 Å². The van der Waals surface area contributed by atoms with Gasteiger partial charge in [0.1, 0.15) is 16.7 Å². The van der Waals surface area contributed by atoms with Crippen LogP contribution in [0.2, 0.25) is 0 Å². The fourth-order valence-corrected chi connectivity index (χ4v) is 2.18. The molecule has 0 fully saturated rings. The first-order valence-electron chi connectivity index (χ1n) is 5.48. The summed E-state index contributed by atoms with van der Waals surface area (Å²) in [5.41, 5.74) is 4.07. The third-order valence-corrected chi connectivity index (χ3v) is 3.19. The van der Waals surface area contributed by atoms with Crippen LogP contribution in [0.4, 0.5) is 5.82 Å². The minimum Gasteiger partial charge on any atom is -0.384 e. The third-order valence-electron chi connectivity index (χ3n) is 2.23. The predicted octanol–water partition coefficient (Wildman–Crippen LogP) is -0.446. The molecule has 0 aromatic carbocycles. The molecule has 0 amide bonds. The molecule has 0 saturated carbocycles. The Morgan fingerprint density at radius 3 is 2.79 bits per heavy atom. The molecule has 2 aromatic rings. The van der Waals surface area contributed by atoms with Crippen LogP contribution in [-0.2, 0) is 13.5 Å². The average Bonchev–Trinajstić information content (AvgIpc) is 2.35. The topological polar surface area (TPSA) is 120 Å². The summed E-state index contributed by atoms with van der Waals surface area (Å²) in [5, 5.41) is 3.25. The van der Waals surface area contributed by atoms with Gasteiger partial charge in [-0.25, -0.2) is 9.97 Å². The zero-order valence-electron chi connectivity index (χ0n) is 10.4. The second-order valence-corrected chi connectivity index (χ2v) is 4.69. The van der Waals surface area contributed by atoms with Crippen molar-refractivity contribution in [2.75, 3.05) is 5.73 Å². The van der Waals surface area contributed by atoms with E-state index in [1.165, 1.54) is 4.68 Å². The fourth-order valence-electron chi connectivity index (χ4n) is 1.35. The van der Waals surface area contributed by atoms with Gasteiger partial charge in [-0.3, -0.25) is 19.4 Å². The Labute approximate surface area is 112 Å². The molecule has 0 aliphatic heterocycles. The maximum Gasteiger partial charge on any atom is 0.339 e. The normalized spacial score (nSPS) is 10.6. The van der Waals surface area contributed by atoms with Crippen LogP contribution >= 0.6 is 11.8 Å². The highest BCUT2D eigenvalue weighted by Gasteiger charge is 2.09. The van der Waals surface area contributed by atoms with Crippen molar-refractivity contribution in [3.8, 4) is 0 Å². The van der Waals surface area contributed by atoms with E-state index in [2.05, 4.69) is 20.1 Å². The predicted molar refractivity (Wildman–Crippen MR) is 70.0 cm³/mol. The van der Waals surface area contributed by atoms with Crippen LogP contribution in [0.15, 0.2) is 25.8 Å². The fraction of sp³-hybridized carbons (Fsp3) is 0.300. The molecule has 0 aliphatic carbocycles. The lowest BCUT2D eigenvalue weighted by molar-refractivity contribution is 0.596. The second kappa shape index (κ2) is 5.22. The number of hydrogen-bond acceptors (Lipinski definition) is 7. The van der Waals surface area contributed by atoms with Gasteiger partial charge in [-0.1, -0.05) is 6.92 Å². The average molecular weight is 280 g/mol. The van der Waals surface area contributed by atoms with Crippen LogP contribution in [0.25, 0.3) is 0 Å². The first-order chi connectivity index (χ1) is 8.99. The van der Waals surface area contributed by atoms with Gasteiger partial charge in [0.2, 0.25) is 0 Å². The summed E-state index contributed by atoms with van der Waals surface area (Å²) in [4.78, 5) is 34.3. The molecule has 0 unspecified atom stereocenters. The zero-order chi connectivity index (χ0) is 14.0. The van der Waals surface area contributed by atoms with Gasteiger partial charge in [-0.05, 0) is 11.8 Å². The SMILES string of the molecule is CCc1nc(N)cc(Sc2nc(=O)c(=O)[nH]n2C)n1. The minimum absolute atomic E-state index is 0.324. The largest absolute Gasteiger partial charge is 0.384 e. The Hall–Kier alpha value is -2.16. The summed E-state index contributed by atoms with van der Waals surface area (Å²) in [7, 11) is 1.58. The van der Waals surface area contributed by atoms with Gasteiger partial charge in [0.05, 0.1) is 0 Å². The molecular weight excluding hydrogens is 268 g/mol. The first-order valence-corrected chi connectivity index (χ1v) is 6.30. The van der Waals surface area contributed by atoms with Crippen LogP contribution in [0, 0.1) is 0 Å². The van der Waals surface area contributed by atoms with E-state index in [1.54, 1.807) is 13.1 Å². The van der Waals surface area contributed by atoms with Gasteiger partial charge in [0.25, 0.3) is 0 Å².